The Morgan fingerprint density at radius 3 is 2.31 bits per heavy atom. The summed E-state index contributed by atoms with van der Waals surface area (Å²) in [4.78, 5) is 15.6. The Morgan fingerprint density at radius 2 is 1.56 bits per heavy atom. The minimum Gasteiger partial charge on any atom is -0.356 e. The second-order valence-corrected chi connectivity index (χ2v) is 10.4. The third-order valence-electron chi connectivity index (χ3n) is 7.08. The smallest absolute Gasteiger partial charge is 0.141 e. The number of thiophene rings is 1. The molecule has 2 aliphatic rings. The highest BCUT2D eigenvalue weighted by atomic mass is 32.1. The number of nitrogens with zero attached hydrogens (tertiary/aromatic N) is 3. The van der Waals surface area contributed by atoms with Crippen LogP contribution in [0.4, 0.5) is 5.82 Å². The number of hydrogen-bond acceptors (Lipinski definition) is 4. The molecule has 1 saturated heterocycles. The van der Waals surface area contributed by atoms with E-state index in [-0.39, 0.29) is 0 Å². The van der Waals surface area contributed by atoms with Crippen molar-refractivity contribution in [1.82, 2.24) is 9.97 Å². The van der Waals surface area contributed by atoms with Gasteiger partial charge in [0, 0.05) is 24.4 Å². The third-order valence-corrected chi connectivity index (χ3v) is 8.26. The molecule has 32 heavy (non-hydrogen) atoms. The minimum atomic E-state index is 0.767. The molecular formula is C28H29N3S. The molecule has 6 rings (SSSR count). The lowest BCUT2D eigenvalue weighted by Crippen LogP contribution is -2.35. The normalized spacial score (nSPS) is 16.6. The van der Waals surface area contributed by atoms with Gasteiger partial charge in [-0.2, -0.15) is 0 Å². The van der Waals surface area contributed by atoms with Crippen molar-refractivity contribution in [2.75, 3.05) is 18.0 Å². The van der Waals surface area contributed by atoms with Gasteiger partial charge in [-0.3, -0.25) is 0 Å². The lowest BCUT2D eigenvalue weighted by molar-refractivity contribution is 0.402. The van der Waals surface area contributed by atoms with Crippen LogP contribution < -0.4 is 4.90 Å². The average molecular weight is 440 g/mol. The Labute approximate surface area is 194 Å². The molecule has 4 heteroatoms. The number of benzene rings is 2. The highest BCUT2D eigenvalue weighted by Crippen LogP contribution is 2.41. The van der Waals surface area contributed by atoms with Crippen molar-refractivity contribution in [2.45, 2.75) is 44.9 Å². The molecule has 2 aromatic carbocycles. The topological polar surface area (TPSA) is 29.0 Å². The van der Waals surface area contributed by atoms with Crippen molar-refractivity contribution >= 4 is 27.4 Å². The van der Waals surface area contributed by atoms with Crippen molar-refractivity contribution in [1.29, 1.82) is 0 Å². The maximum absolute atomic E-state index is 5.20. The molecule has 0 N–H and O–H groups in total. The first-order chi connectivity index (χ1) is 15.8. The molecule has 0 spiro atoms. The summed E-state index contributed by atoms with van der Waals surface area (Å²) < 4.78 is 0. The first-order valence-corrected chi connectivity index (χ1v) is 12.8. The van der Waals surface area contributed by atoms with Crippen LogP contribution in [0.25, 0.3) is 10.2 Å². The van der Waals surface area contributed by atoms with Crippen molar-refractivity contribution in [3.8, 4) is 0 Å². The van der Waals surface area contributed by atoms with Crippen LogP contribution >= 0.6 is 11.3 Å². The third kappa shape index (κ3) is 3.93. The summed E-state index contributed by atoms with van der Waals surface area (Å²) in [6, 6.07) is 21.6. The van der Waals surface area contributed by atoms with E-state index in [0.29, 0.717) is 0 Å². The molecule has 0 saturated carbocycles. The largest absolute Gasteiger partial charge is 0.356 e. The number of fused-ring (bicyclic) bond motifs is 3. The molecule has 0 bridgehead atoms. The van der Waals surface area contributed by atoms with Crippen LogP contribution in [0.15, 0.2) is 60.7 Å². The van der Waals surface area contributed by atoms with E-state index in [0.717, 1.165) is 31.3 Å². The quantitative estimate of drug-likeness (QED) is 0.369. The van der Waals surface area contributed by atoms with Gasteiger partial charge < -0.3 is 4.90 Å². The summed E-state index contributed by atoms with van der Waals surface area (Å²) in [6.07, 6.45) is 8.15. The Bertz CT molecular complexity index is 1210. The molecule has 1 aliphatic carbocycles. The van der Waals surface area contributed by atoms with Gasteiger partial charge in [-0.25, -0.2) is 9.97 Å². The Balaban J connectivity index is 1.29. The van der Waals surface area contributed by atoms with E-state index in [1.54, 1.807) is 4.88 Å². The monoisotopic (exact) mass is 439 g/mol. The summed E-state index contributed by atoms with van der Waals surface area (Å²) >= 11 is 1.91. The summed E-state index contributed by atoms with van der Waals surface area (Å²) in [5, 5.41) is 1.36. The van der Waals surface area contributed by atoms with Crippen molar-refractivity contribution < 1.29 is 0 Å². The first kappa shape index (κ1) is 19.9. The van der Waals surface area contributed by atoms with Crippen LogP contribution in [-0.4, -0.2) is 23.1 Å². The van der Waals surface area contributed by atoms with Crippen LogP contribution in [0.5, 0.6) is 0 Å². The van der Waals surface area contributed by atoms with Crippen LogP contribution in [0.1, 0.15) is 46.7 Å². The molecule has 3 heterocycles. The summed E-state index contributed by atoms with van der Waals surface area (Å²) in [6.45, 7) is 2.19. The highest BCUT2D eigenvalue weighted by Gasteiger charge is 2.27. The summed E-state index contributed by atoms with van der Waals surface area (Å²) in [5.74, 6) is 2.94. The molecule has 2 aromatic heterocycles. The Kier molecular flexibility index (Phi) is 5.40. The average Bonchev–Trinajstić information content (AvgIpc) is 3.42. The maximum Gasteiger partial charge on any atom is 0.141 e. The molecule has 162 valence electrons. The highest BCUT2D eigenvalue weighted by molar-refractivity contribution is 7.19. The molecular weight excluding hydrogens is 410 g/mol. The van der Waals surface area contributed by atoms with Gasteiger partial charge in [0.25, 0.3) is 0 Å². The minimum absolute atomic E-state index is 0.767. The van der Waals surface area contributed by atoms with Gasteiger partial charge in [-0.15, -0.1) is 11.3 Å². The molecule has 0 atom stereocenters. The zero-order chi connectivity index (χ0) is 21.3. The van der Waals surface area contributed by atoms with Crippen LogP contribution in [-0.2, 0) is 25.7 Å². The number of piperidine rings is 1. The van der Waals surface area contributed by atoms with Gasteiger partial charge in [0.05, 0.1) is 5.39 Å². The lowest BCUT2D eigenvalue weighted by Gasteiger charge is -2.33. The van der Waals surface area contributed by atoms with Crippen molar-refractivity contribution in [3.63, 3.8) is 0 Å². The SMILES string of the molecule is c1ccc(Cc2nc(N3CCC(Cc4ccccc4)CC3)c3c4c(sc3n2)CCC4)cc1. The van der Waals surface area contributed by atoms with E-state index in [4.69, 9.17) is 9.97 Å². The van der Waals surface area contributed by atoms with Gasteiger partial charge >= 0.3 is 0 Å². The van der Waals surface area contributed by atoms with E-state index in [1.807, 2.05) is 11.3 Å². The van der Waals surface area contributed by atoms with E-state index in [9.17, 15) is 0 Å². The predicted molar refractivity (Wildman–Crippen MR) is 134 cm³/mol. The van der Waals surface area contributed by atoms with Gasteiger partial charge in [0.2, 0.25) is 0 Å². The number of aryl methyl sites for hydroxylation is 2. The van der Waals surface area contributed by atoms with E-state index in [2.05, 4.69) is 65.6 Å². The number of anilines is 1. The van der Waals surface area contributed by atoms with Crippen LogP contribution in [0.3, 0.4) is 0 Å². The van der Waals surface area contributed by atoms with Gasteiger partial charge in [-0.05, 0) is 61.1 Å². The fraction of sp³-hybridized carbons (Fsp3) is 0.357. The molecule has 1 aliphatic heterocycles. The predicted octanol–water partition coefficient (Wildman–Crippen LogP) is 6.23. The van der Waals surface area contributed by atoms with Gasteiger partial charge in [0.15, 0.2) is 0 Å². The second kappa shape index (κ2) is 8.67. The zero-order valence-corrected chi connectivity index (χ0v) is 19.3. The van der Waals surface area contributed by atoms with Crippen LogP contribution in [0.2, 0.25) is 0 Å². The first-order valence-electron chi connectivity index (χ1n) is 12.0. The van der Waals surface area contributed by atoms with Gasteiger partial charge in [0.1, 0.15) is 16.5 Å². The summed E-state index contributed by atoms with van der Waals surface area (Å²) in [7, 11) is 0. The number of hydrogen-bond donors (Lipinski definition) is 0. The number of rotatable bonds is 5. The fourth-order valence-corrected chi connectivity index (χ4v) is 6.68. The van der Waals surface area contributed by atoms with Crippen molar-refractivity contribution in [2.24, 2.45) is 5.92 Å². The number of aromatic nitrogens is 2. The Hall–Kier alpha value is -2.72. The molecule has 4 aromatic rings. The van der Waals surface area contributed by atoms with E-state index >= 15 is 0 Å². The standard InChI is InChI=1S/C28H29N3S/c1-3-8-20(9-4-1)18-22-14-16-31(17-15-22)27-26-23-12-7-13-24(23)32-28(26)30-25(29-27)19-21-10-5-2-6-11-21/h1-6,8-11,22H,7,12-19H2. The van der Waals surface area contributed by atoms with Gasteiger partial charge in [-0.1, -0.05) is 60.7 Å². The van der Waals surface area contributed by atoms with E-state index in [1.165, 1.54) is 71.2 Å². The lowest BCUT2D eigenvalue weighted by atomic mass is 9.90. The molecule has 3 nitrogen and oxygen atoms in total. The Morgan fingerprint density at radius 1 is 0.844 bits per heavy atom. The van der Waals surface area contributed by atoms with E-state index < -0.39 is 0 Å². The fourth-order valence-electron chi connectivity index (χ4n) is 5.40. The molecule has 0 radical (unpaired) electrons. The molecule has 0 amide bonds. The maximum atomic E-state index is 5.20. The van der Waals surface area contributed by atoms with Crippen LogP contribution in [0, 0.1) is 5.92 Å². The molecule has 0 unspecified atom stereocenters. The molecule has 1 fully saturated rings. The van der Waals surface area contributed by atoms with Crippen molar-refractivity contribution in [3.05, 3.63) is 88.1 Å². The second-order valence-electron chi connectivity index (χ2n) is 9.28. The summed E-state index contributed by atoms with van der Waals surface area (Å²) in [5.41, 5.74) is 4.29. The zero-order valence-electron chi connectivity index (χ0n) is 18.5.